The van der Waals surface area contributed by atoms with E-state index in [0.29, 0.717) is 0 Å². The van der Waals surface area contributed by atoms with Gasteiger partial charge in [0, 0.05) is 0 Å². The Hall–Kier alpha value is -1.61. The first-order chi connectivity index (χ1) is 10.6. The van der Waals surface area contributed by atoms with E-state index in [-0.39, 0.29) is 20.4 Å². The normalized spacial score (nSPS) is 13.4. The van der Waals surface area contributed by atoms with Crippen molar-refractivity contribution in [3.63, 3.8) is 0 Å². The predicted molar refractivity (Wildman–Crippen MR) is 89.4 cm³/mol. The Labute approximate surface area is 136 Å². The van der Waals surface area contributed by atoms with Crippen LogP contribution in [0.15, 0.2) is 59.0 Å². The molecule has 0 aliphatic heterocycles. The van der Waals surface area contributed by atoms with Gasteiger partial charge in [-0.05, 0) is 0 Å². The first-order valence-corrected chi connectivity index (χ1v) is 9.34. The fourth-order valence-electron chi connectivity index (χ4n) is 2.33. The molecule has 1 atom stereocenters. The molecule has 22 heavy (non-hydrogen) atoms. The van der Waals surface area contributed by atoms with Gasteiger partial charge >= 0.3 is 136 Å². The number of hydrogen-bond donors (Lipinski definition) is 1. The van der Waals surface area contributed by atoms with Crippen molar-refractivity contribution < 1.29 is 9.52 Å². The molecule has 114 valence electrons. The minimum absolute atomic E-state index is 0.0955. The average molecular weight is 360 g/mol. The fraction of sp³-hybridized carbons (Fsp3) is 0.278. The molecule has 1 aromatic heterocycles. The van der Waals surface area contributed by atoms with Crippen molar-refractivity contribution in [1.29, 1.82) is 0 Å². The molecule has 3 aromatic rings. The zero-order chi connectivity index (χ0) is 15.6. The van der Waals surface area contributed by atoms with Crippen LogP contribution in [0.5, 0.6) is 0 Å². The van der Waals surface area contributed by atoms with Gasteiger partial charge in [0.05, 0.1) is 0 Å². The van der Waals surface area contributed by atoms with Gasteiger partial charge in [-0.3, -0.25) is 0 Å². The van der Waals surface area contributed by atoms with Crippen molar-refractivity contribution in [3.8, 4) is 0 Å². The molecule has 0 bridgehead atoms. The summed E-state index contributed by atoms with van der Waals surface area (Å²) in [6.45, 7) is 4.18. The number of hydrogen-bond acceptors (Lipinski definition) is 3. The maximum absolute atomic E-state index is 10.6. The number of oxazole rings is 1. The molecule has 0 amide bonds. The number of benzene rings is 2. The molecule has 1 heterocycles. The minimum atomic E-state index is -0.486. The van der Waals surface area contributed by atoms with E-state index in [2.05, 4.69) is 18.8 Å². The third kappa shape index (κ3) is 3.25. The molecule has 3 nitrogen and oxygen atoms in total. The van der Waals surface area contributed by atoms with E-state index in [4.69, 9.17) is 4.42 Å². The SMILES string of the molecule is CC(C)(C[Se]c1nc2ccccc2o1)[C@@H](O)c1ccccc1. The number of fused-ring (bicyclic) bond motifs is 1. The second-order valence-electron chi connectivity index (χ2n) is 6.04. The Morgan fingerprint density at radius 2 is 1.77 bits per heavy atom. The molecule has 0 fully saturated rings. The van der Waals surface area contributed by atoms with Gasteiger partial charge in [-0.2, -0.15) is 0 Å². The summed E-state index contributed by atoms with van der Waals surface area (Å²) in [6.07, 6.45) is -0.486. The Morgan fingerprint density at radius 3 is 2.50 bits per heavy atom. The first kappa shape index (κ1) is 15.3. The molecular formula is C18H19NO2Se. The Morgan fingerprint density at radius 1 is 1.09 bits per heavy atom. The van der Waals surface area contributed by atoms with E-state index in [0.717, 1.165) is 26.8 Å². The summed E-state index contributed by atoms with van der Waals surface area (Å²) in [5, 5.41) is 11.5. The van der Waals surface area contributed by atoms with Gasteiger partial charge in [0.2, 0.25) is 0 Å². The number of aliphatic hydroxyl groups is 1. The molecular weight excluding hydrogens is 341 g/mol. The molecule has 0 spiro atoms. The van der Waals surface area contributed by atoms with E-state index in [9.17, 15) is 5.11 Å². The number of aromatic nitrogens is 1. The average Bonchev–Trinajstić information content (AvgIpc) is 2.96. The summed E-state index contributed by atoms with van der Waals surface area (Å²) in [5.41, 5.74) is 2.48. The number of aliphatic hydroxyl groups excluding tert-OH is 1. The molecule has 0 aliphatic rings. The number of nitrogens with zero attached hydrogens (tertiary/aromatic N) is 1. The van der Waals surface area contributed by atoms with Crippen LogP contribution in [0, 0.1) is 5.41 Å². The molecule has 0 aliphatic carbocycles. The van der Waals surface area contributed by atoms with Crippen molar-refractivity contribution in [2.45, 2.75) is 25.3 Å². The molecule has 0 unspecified atom stereocenters. The summed E-state index contributed by atoms with van der Waals surface area (Å²) in [4.78, 5) is 5.32. The summed E-state index contributed by atoms with van der Waals surface area (Å²) >= 11 is 0.0955. The first-order valence-electron chi connectivity index (χ1n) is 7.28. The van der Waals surface area contributed by atoms with Gasteiger partial charge in [0.15, 0.2) is 0 Å². The van der Waals surface area contributed by atoms with Crippen LogP contribution in [0.2, 0.25) is 5.32 Å². The van der Waals surface area contributed by atoms with Gasteiger partial charge in [-0.15, -0.1) is 0 Å². The van der Waals surface area contributed by atoms with Crippen LogP contribution in [0.1, 0.15) is 25.5 Å². The van der Waals surface area contributed by atoms with Gasteiger partial charge in [-0.1, -0.05) is 0 Å². The van der Waals surface area contributed by atoms with Gasteiger partial charge < -0.3 is 0 Å². The van der Waals surface area contributed by atoms with Crippen LogP contribution < -0.4 is 4.79 Å². The Bertz CT molecular complexity index is 719. The van der Waals surface area contributed by atoms with Crippen LogP contribution >= 0.6 is 0 Å². The zero-order valence-corrected chi connectivity index (χ0v) is 14.4. The van der Waals surface area contributed by atoms with Crippen LogP contribution in [0.4, 0.5) is 0 Å². The van der Waals surface area contributed by atoms with Crippen LogP contribution in [-0.2, 0) is 0 Å². The van der Waals surface area contributed by atoms with E-state index in [1.54, 1.807) is 0 Å². The molecule has 2 aromatic carbocycles. The van der Waals surface area contributed by atoms with Crippen LogP contribution in [0.3, 0.4) is 0 Å². The third-order valence-corrected chi connectivity index (χ3v) is 6.45. The third-order valence-electron chi connectivity index (χ3n) is 3.70. The summed E-state index contributed by atoms with van der Waals surface area (Å²) in [7, 11) is 0. The molecule has 3 rings (SSSR count). The number of rotatable bonds is 5. The van der Waals surface area contributed by atoms with Gasteiger partial charge in [0.25, 0.3) is 0 Å². The molecule has 0 saturated heterocycles. The molecule has 1 N–H and O–H groups in total. The predicted octanol–water partition coefficient (Wildman–Crippen LogP) is 3.34. The standard InChI is InChI=1S/C18H19NO2Se/c1-18(2,16(20)13-8-4-3-5-9-13)12-22-17-19-14-10-6-7-11-15(14)21-17/h3-11,16,20H,12H2,1-2H3/t16-/m0/s1. The topological polar surface area (TPSA) is 46.3 Å². The van der Waals surface area contributed by atoms with Crippen molar-refractivity contribution in [1.82, 2.24) is 4.98 Å². The maximum atomic E-state index is 10.6. The quantitative estimate of drug-likeness (QED) is 0.710. The fourth-order valence-corrected chi connectivity index (χ4v) is 4.35. The Balaban J connectivity index is 1.71. The van der Waals surface area contributed by atoms with Gasteiger partial charge in [-0.25, -0.2) is 0 Å². The van der Waals surface area contributed by atoms with E-state index >= 15 is 0 Å². The molecule has 0 saturated carbocycles. The number of para-hydroxylation sites is 2. The van der Waals surface area contributed by atoms with Crippen molar-refractivity contribution in [2.24, 2.45) is 5.41 Å². The second-order valence-corrected chi connectivity index (χ2v) is 7.98. The van der Waals surface area contributed by atoms with Crippen molar-refractivity contribution in [3.05, 3.63) is 60.2 Å². The summed E-state index contributed by atoms with van der Waals surface area (Å²) in [5.74, 6) is 0. The zero-order valence-electron chi connectivity index (χ0n) is 12.7. The second kappa shape index (κ2) is 6.25. The van der Waals surface area contributed by atoms with Crippen molar-refractivity contribution in [2.75, 3.05) is 0 Å². The molecule has 4 heteroatoms. The van der Waals surface area contributed by atoms with Crippen molar-refractivity contribution >= 4 is 30.8 Å². The summed E-state index contributed by atoms with van der Waals surface area (Å²) in [6, 6.07) is 17.6. The van der Waals surface area contributed by atoms with Gasteiger partial charge in [0.1, 0.15) is 0 Å². The molecule has 0 radical (unpaired) electrons. The summed E-state index contributed by atoms with van der Waals surface area (Å²) < 4.78 is 5.78. The Kier molecular flexibility index (Phi) is 4.34. The van der Waals surface area contributed by atoms with Crippen LogP contribution in [-0.4, -0.2) is 25.0 Å². The van der Waals surface area contributed by atoms with E-state index in [1.165, 1.54) is 0 Å². The van der Waals surface area contributed by atoms with E-state index < -0.39 is 6.10 Å². The monoisotopic (exact) mass is 361 g/mol. The van der Waals surface area contributed by atoms with E-state index in [1.807, 2.05) is 54.6 Å². The van der Waals surface area contributed by atoms with Crippen LogP contribution in [0.25, 0.3) is 11.1 Å².